The summed E-state index contributed by atoms with van der Waals surface area (Å²) in [6.45, 7) is 8.30. The molecular weight excluding hydrogens is 294 g/mol. The number of carboxylic acid groups (broad SMARTS) is 1. The van der Waals surface area contributed by atoms with E-state index >= 15 is 0 Å². The third-order valence-electron chi connectivity index (χ3n) is 3.84. The van der Waals surface area contributed by atoms with Crippen LogP contribution in [0.2, 0.25) is 0 Å². The van der Waals surface area contributed by atoms with Gasteiger partial charge in [-0.15, -0.1) is 0 Å². The Morgan fingerprint density at radius 1 is 1.22 bits per heavy atom. The normalized spacial score (nSPS) is 14.2. The molecule has 2 atom stereocenters. The molecule has 1 rings (SSSR count). The van der Waals surface area contributed by atoms with Gasteiger partial charge >= 0.3 is 5.97 Å². The van der Waals surface area contributed by atoms with Crippen LogP contribution in [0.5, 0.6) is 11.5 Å². The van der Waals surface area contributed by atoms with Crippen LogP contribution in [0, 0.1) is 5.41 Å². The Labute approximate surface area is 139 Å². The maximum Gasteiger partial charge on any atom is 0.320 e. The van der Waals surface area contributed by atoms with Gasteiger partial charge in [-0.25, -0.2) is 0 Å². The van der Waals surface area contributed by atoms with Gasteiger partial charge in [0.1, 0.15) is 6.04 Å². The minimum atomic E-state index is -0.818. The number of ether oxygens (including phenoxy) is 2. The van der Waals surface area contributed by atoms with E-state index in [0.717, 1.165) is 12.0 Å². The molecule has 0 aliphatic rings. The number of hydrogen-bond donors (Lipinski definition) is 2. The van der Waals surface area contributed by atoms with Crippen LogP contribution in [0.4, 0.5) is 0 Å². The second kappa shape index (κ2) is 8.20. The third kappa shape index (κ3) is 6.10. The molecule has 0 aliphatic heterocycles. The highest BCUT2D eigenvalue weighted by atomic mass is 16.5. The van der Waals surface area contributed by atoms with E-state index < -0.39 is 12.0 Å². The first kappa shape index (κ1) is 19.3. The third-order valence-corrected chi connectivity index (χ3v) is 3.84. The number of methoxy groups -OCH3 is 2. The van der Waals surface area contributed by atoms with Crippen molar-refractivity contribution in [3.8, 4) is 11.5 Å². The molecule has 1 aromatic carbocycles. The van der Waals surface area contributed by atoms with Crippen molar-refractivity contribution in [3.63, 3.8) is 0 Å². The molecule has 23 heavy (non-hydrogen) atoms. The highest BCUT2D eigenvalue weighted by molar-refractivity contribution is 5.73. The van der Waals surface area contributed by atoms with Crippen molar-refractivity contribution in [2.24, 2.45) is 5.41 Å². The number of carboxylic acids is 1. The lowest BCUT2D eigenvalue weighted by Gasteiger charge is -2.24. The Morgan fingerprint density at radius 2 is 1.83 bits per heavy atom. The molecule has 1 aromatic rings. The lowest BCUT2D eigenvalue weighted by molar-refractivity contribution is -0.140. The van der Waals surface area contributed by atoms with Gasteiger partial charge in [0, 0.05) is 6.04 Å². The summed E-state index contributed by atoms with van der Waals surface area (Å²) >= 11 is 0. The van der Waals surface area contributed by atoms with Gasteiger partial charge in [-0.1, -0.05) is 26.8 Å². The zero-order valence-electron chi connectivity index (χ0n) is 15.0. The molecule has 5 heteroatoms. The minimum Gasteiger partial charge on any atom is -0.493 e. The summed E-state index contributed by atoms with van der Waals surface area (Å²) < 4.78 is 10.5. The lowest BCUT2D eigenvalue weighted by Crippen LogP contribution is -2.39. The van der Waals surface area contributed by atoms with E-state index in [4.69, 9.17) is 9.47 Å². The molecule has 0 unspecified atom stereocenters. The van der Waals surface area contributed by atoms with E-state index in [0.29, 0.717) is 17.9 Å². The molecule has 5 nitrogen and oxygen atoms in total. The van der Waals surface area contributed by atoms with Gasteiger partial charge in [-0.05, 0) is 42.9 Å². The quantitative estimate of drug-likeness (QED) is 0.764. The van der Waals surface area contributed by atoms with Gasteiger partial charge in [0.15, 0.2) is 11.5 Å². The number of nitrogens with one attached hydrogen (secondary N) is 1. The van der Waals surface area contributed by atoms with Crippen LogP contribution >= 0.6 is 0 Å². The zero-order chi connectivity index (χ0) is 17.6. The highest BCUT2D eigenvalue weighted by Gasteiger charge is 2.23. The summed E-state index contributed by atoms with van der Waals surface area (Å²) in [5, 5.41) is 12.6. The number of benzene rings is 1. The molecule has 0 saturated heterocycles. The first-order valence-electron chi connectivity index (χ1n) is 7.88. The zero-order valence-corrected chi connectivity index (χ0v) is 15.0. The van der Waals surface area contributed by atoms with E-state index in [1.807, 2.05) is 25.1 Å². The fourth-order valence-corrected chi connectivity index (χ4v) is 2.38. The van der Waals surface area contributed by atoms with E-state index in [-0.39, 0.29) is 11.5 Å². The highest BCUT2D eigenvalue weighted by Crippen LogP contribution is 2.30. The van der Waals surface area contributed by atoms with E-state index in [1.165, 1.54) is 0 Å². The van der Waals surface area contributed by atoms with Crippen LogP contribution in [0.25, 0.3) is 0 Å². The molecule has 0 amide bonds. The Balaban J connectivity index is 2.82. The Hall–Kier alpha value is -1.75. The maximum absolute atomic E-state index is 11.5. The predicted octanol–water partition coefficient (Wildman–Crippen LogP) is 3.63. The van der Waals surface area contributed by atoms with Crippen LogP contribution in [0.3, 0.4) is 0 Å². The molecule has 0 bridgehead atoms. The summed E-state index contributed by atoms with van der Waals surface area (Å²) in [6.07, 6.45) is 1.44. The number of hydrogen-bond acceptors (Lipinski definition) is 4. The Bertz CT molecular complexity index is 522. The number of carbonyl (C=O) groups is 1. The van der Waals surface area contributed by atoms with Crippen molar-refractivity contribution in [1.82, 2.24) is 5.32 Å². The van der Waals surface area contributed by atoms with Crippen LogP contribution in [0.15, 0.2) is 18.2 Å². The number of aliphatic carboxylic acids is 1. The van der Waals surface area contributed by atoms with Crippen LogP contribution in [-0.4, -0.2) is 31.3 Å². The molecule has 0 aromatic heterocycles. The average molecular weight is 323 g/mol. The van der Waals surface area contributed by atoms with Crippen molar-refractivity contribution in [1.29, 1.82) is 0 Å². The van der Waals surface area contributed by atoms with Gasteiger partial charge in [0.05, 0.1) is 14.2 Å². The van der Waals surface area contributed by atoms with E-state index in [9.17, 15) is 9.90 Å². The molecule has 0 spiro atoms. The molecule has 0 radical (unpaired) electrons. The lowest BCUT2D eigenvalue weighted by atomic mass is 9.88. The largest absolute Gasteiger partial charge is 0.493 e. The maximum atomic E-state index is 11.5. The molecule has 2 N–H and O–H groups in total. The van der Waals surface area contributed by atoms with Gasteiger partial charge in [-0.2, -0.15) is 0 Å². The predicted molar refractivity (Wildman–Crippen MR) is 91.2 cm³/mol. The topological polar surface area (TPSA) is 67.8 Å². The number of rotatable bonds is 8. The molecule has 0 heterocycles. The summed E-state index contributed by atoms with van der Waals surface area (Å²) in [4.78, 5) is 11.5. The summed E-state index contributed by atoms with van der Waals surface area (Å²) in [6, 6.07) is 4.95. The van der Waals surface area contributed by atoms with Crippen LogP contribution in [-0.2, 0) is 4.79 Å². The molecular formula is C18H29NO4. The average Bonchev–Trinajstić information content (AvgIpc) is 2.49. The first-order chi connectivity index (χ1) is 10.7. The van der Waals surface area contributed by atoms with Crippen molar-refractivity contribution in [2.45, 2.75) is 52.6 Å². The standard InChI is InChI=1S/C18H29NO4/c1-12(13-7-8-15(22-5)16(11-13)23-6)19-14(17(20)21)9-10-18(2,3)4/h7-8,11-12,14,19H,9-10H2,1-6H3,(H,20,21)/t12-,14+/m1/s1. The minimum absolute atomic E-state index is 0.101. The van der Waals surface area contributed by atoms with Gasteiger partial charge in [0.2, 0.25) is 0 Å². The SMILES string of the molecule is COc1ccc([C@@H](C)N[C@@H](CCC(C)(C)C)C(=O)O)cc1OC. The Kier molecular flexibility index (Phi) is 6.88. The summed E-state index contributed by atoms with van der Waals surface area (Å²) in [5.41, 5.74) is 1.08. The molecule has 0 saturated carbocycles. The van der Waals surface area contributed by atoms with E-state index in [2.05, 4.69) is 26.1 Å². The van der Waals surface area contributed by atoms with E-state index in [1.54, 1.807) is 14.2 Å². The Morgan fingerprint density at radius 3 is 2.30 bits per heavy atom. The second-order valence-electron chi connectivity index (χ2n) is 6.99. The van der Waals surface area contributed by atoms with Gasteiger partial charge in [0.25, 0.3) is 0 Å². The fourth-order valence-electron chi connectivity index (χ4n) is 2.38. The fraction of sp³-hybridized carbons (Fsp3) is 0.611. The van der Waals surface area contributed by atoms with Crippen LogP contribution < -0.4 is 14.8 Å². The van der Waals surface area contributed by atoms with Crippen molar-refractivity contribution in [2.75, 3.05) is 14.2 Å². The molecule has 130 valence electrons. The molecule has 0 aliphatic carbocycles. The summed E-state index contributed by atoms with van der Waals surface area (Å²) in [5.74, 6) is 0.479. The van der Waals surface area contributed by atoms with Crippen molar-refractivity contribution < 1.29 is 19.4 Å². The second-order valence-corrected chi connectivity index (χ2v) is 6.99. The van der Waals surface area contributed by atoms with Crippen LogP contribution in [0.1, 0.15) is 52.1 Å². The van der Waals surface area contributed by atoms with Gasteiger partial charge < -0.3 is 14.6 Å². The van der Waals surface area contributed by atoms with Crippen molar-refractivity contribution in [3.05, 3.63) is 23.8 Å². The monoisotopic (exact) mass is 323 g/mol. The van der Waals surface area contributed by atoms with Gasteiger partial charge in [-0.3, -0.25) is 10.1 Å². The smallest absolute Gasteiger partial charge is 0.320 e. The van der Waals surface area contributed by atoms with Crippen molar-refractivity contribution >= 4 is 5.97 Å². The summed E-state index contributed by atoms with van der Waals surface area (Å²) in [7, 11) is 3.18. The molecule has 0 fully saturated rings. The first-order valence-corrected chi connectivity index (χ1v) is 7.88.